The number of likely N-dealkylation sites (tertiary alicyclic amines) is 1. The van der Waals surface area contributed by atoms with Gasteiger partial charge in [0, 0.05) is 25.0 Å². The van der Waals surface area contributed by atoms with Crippen LogP contribution in [0.1, 0.15) is 44.7 Å². The van der Waals surface area contributed by atoms with Crippen molar-refractivity contribution in [3.05, 3.63) is 93.4 Å². The molecule has 1 unspecified atom stereocenters. The number of carbonyl (C=O) groups excluding carboxylic acids is 2. The first-order valence-electron chi connectivity index (χ1n) is 11.9. The number of benzene rings is 2. The molecule has 1 amide bonds. The lowest BCUT2D eigenvalue weighted by molar-refractivity contribution is 0.0582. The van der Waals surface area contributed by atoms with Gasteiger partial charge in [-0.25, -0.2) is 9.18 Å². The second-order valence-electron chi connectivity index (χ2n) is 9.09. The summed E-state index contributed by atoms with van der Waals surface area (Å²) in [6.45, 7) is 2.60. The van der Waals surface area contributed by atoms with Crippen molar-refractivity contribution in [2.75, 3.05) is 27.2 Å². The Labute approximate surface area is 210 Å². The highest BCUT2D eigenvalue weighted by atomic mass is 32.1. The summed E-state index contributed by atoms with van der Waals surface area (Å²) in [5.41, 5.74) is 3.02. The van der Waals surface area contributed by atoms with E-state index in [0.717, 1.165) is 38.0 Å². The van der Waals surface area contributed by atoms with E-state index in [1.807, 2.05) is 53.0 Å². The molecule has 2 aromatic carbocycles. The number of ether oxygens (including phenoxy) is 1. The maximum Gasteiger partial charge on any atom is 0.337 e. The number of rotatable bonds is 8. The Balaban J connectivity index is 1.43. The second kappa shape index (κ2) is 11.6. The minimum Gasteiger partial charge on any atom is -0.465 e. The predicted octanol–water partition coefficient (Wildman–Crippen LogP) is 5.27. The smallest absolute Gasteiger partial charge is 0.337 e. The average molecular weight is 495 g/mol. The van der Waals surface area contributed by atoms with Crippen LogP contribution in [0.4, 0.5) is 4.39 Å². The molecular weight excluding hydrogens is 463 g/mol. The topological polar surface area (TPSA) is 49.9 Å². The fourth-order valence-corrected chi connectivity index (χ4v) is 5.50. The van der Waals surface area contributed by atoms with Crippen LogP contribution < -0.4 is 0 Å². The Morgan fingerprint density at radius 2 is 1.80 bits per heavy atom. The van der Waals surface area contributed by atoms with Gasteiger partial charge in [0.2, 0.25) is 0 Å². The molecule has 1 aliphatic rings. The lowest BCUT2D eigenvalue weighted by Crippen LogP contribution is -2.47. The first-order chi connectivity index (χ1) is 17.0. The Bertz CT molecular complexity index is 1130. The van der Waals surface area contributed by atoms with Crippen LogP contribution in [0.15, 0.2) is 65.4 Å². The van der Waals surface area contributed by atoms with Gasteiger partial charge in [-0.2, -0.15) is 11.3 Å². The van der Waals surface area contributed by atoms with Crippen molar-refractivity contribution >= 4 is 23.2 Å². The van der Waals surface area contributed by atoms with Crippen LogP contribution in [0.3, 0.4) is 0 Å². The van der Waals surface area contributed by atoms with Gasteiger partial charge in [0.15, 0.2) is 0 Å². The molecular formula is C28H31FN2O3S. The molecule has 2 heterocycles. The number of hydrogen-bond acceptors (Lipinski definition) is 5. The zero-order valence-corrected chi connectivity index (χ0v) is 21.0. The number of nitrogens with zero attached hydrogens (tertiary/aromatic N) is 2. The van der Waals surface area contributed by atoms with Crippen molar-refractivity contribution in [3.63, 3.8) is 0 Å². The van der Waals surface area contributed by atoms with Crippen molar-refractivity contribution in [2.24, 2.45) is 5.92 Å². The molecule has 0 N–H and O–H groups in total. The molecule has 1 saturated heterocycles. The number of esters is 1. The third kappa shape index (κ3) is 6.16. The van der Waals surface area contributed by atoms with E-state index < -0.39 is 0 Å². The van der Waals surface area contributed by atoms with E-state index in [4.69, 9.17) is 4.74 Å². The molecule has 1 aliphatic heterocycles. The van der Waals surface area contributed by atoms with Gasteiger partial charge >= 0.3 is 5.97 Å². The van der Waals surface area contributed by atoms with Crippen LogP contribution in [0.5, 0.6) is 0 Å². The predicted molar refractivity (Wildman–Crippen MR) is 136 cm³/mol. The minimum absolute atomic E-state index is 0.0132. The summed E-state index contributed by atoms with van der Waals surface area (Å²) in [5.74, 6) is -0.290. The van der Waals surface area contributed by atoms with Gasteiger partial charge in [0.05, 0.1) is 18.2 Å². The first-order valence-corrected chi connectivity index (χ1v) is 12.8. The third-order valence-corrected chi connectivity index (χ3v) is 7.61. The van der Waals surface area contributed by atoms with Gasteiger partial charge in [-0.3, -0.25) is 9.69 Å². The van der Waals surface area contributed by atoms with Crippen molar-refractivity contribution in [3.8, 4) is 0 Å². The largest absolute Gasteiger partial charge is 0.465 e. The molecule has 1 atom stereocenters. The van der Waals surface area contributed by atoms with Crippen molar-refractivity contribution in [2.45, 2.75) is 31.8 Å². The van der Waals surface area contributed by atoms with Gasteiger partial charge in [-0.15, -0.1) is 0 Å². The summed E-state index contributed by atoms with van der Waals surface area (Å²) in [6.07, 6.45) is 2.36. The maximum atomic E-state index is 14.5. The van der Waals surface area contributed by atoms with E-state index in [0.29, 0.717) is 23.1 Å². The van der Waals surface area contributed by atoms with E-state index in [9.17, 15) is 14.0 Å². The molecule has 0 radical (unpaired) electrons. The van der Waals surface area contributed by atoms with E-state index in [2.05, 4.69) is 4.90 Å². The molecule has 0 saturated carbocycles. The number of amides is 1. The van der Waals surface area contributed by atoms with Crippen LogP contribution in [-0.4, -0.2) is 55.0 Å². The van der Waals surface area contributed by atoms with Gasteiger partial charge < -0.3 is 9.64 Å². The number of likely N-dealkylation sites (N-methyl/N-ethyl adjacent to an activating group) is 1. The SMILES string of the molecule is COC(=O)c1ccc(CN2CCC(C(Cc3ccccc3F)N(C)C(=O)c3ccsc3)CC2)cc1. The molecule has 7 heteroatoms. The molecule has 1 fully saturated rings. The molecule has 0 spiro atoms. The normalized spacial score (nSPS) is 15.5. The number of hydrogen-bond donors (Lipinski definition) is 0. The number of piperidine rings is 1. The maximum absolute atomic E-state index is 14.5. The fourth-order valence-electron chi connectivity index (χ4n) is 4.87. The Kier molecular flexibility index (Phi) is 8.31. The molecule has 4 rings (SSSR count). The lowest BCUT2D eigenvalue weighted by atomic mass is 9.84. The summed E-state index contributed by atoms with van der Waals surface area (Å²) in [6, 6.07) is 16.1. The highest BCUT2D eigenvalue weighted by Gasteiger charge is 2.32. The zero-order chi connectivity index (χ0) is 24.8. The van der Waals surface area contributed by atoms with Gasteiger partial charge in [0.1, 0.15) is 5.82 Å². The standard InChI is InChI=1S/C28H31FN2O3S/c1-30(27(32)24-13-16-35-19-24)26(17-23-5-3-4-6-25(23)29)21-11-14-31(15-12-21)18-20-7-9-22(10-8-20)28(33)34-2/h3-10,13,16,19,21,26H,11-12,14-15,17-18H2,1-2H3. The summed E-state index contributed by atoms with van der Waals surface area (Å²) >= 11 is 1.50. The molecule has 35 heavy (non-hydrogen) atoms. The molecule has 0 bridgehead atoms. The van der Waals surface area contributed by atoms with Gasteiger partial charge in [0.25, 0.3) is 5.91 Å². The zero-order valence-electron chi connectivity index (χ0n) is 20.2. The Hall–Kier alpha value is -3.03. The lowest BCUT2D eigenvalue weighted by Gasteiger charge is -2.40. The highest BCUT2D eigenvalue weighted by molar-refractivity contribution is 7.08. The summed E-state index contributed by atoms with van der Waals surface area (Å²) in [5, 5.41) is 3.77. The first kappa shape index (κ1) is 25.1. The van der Waals surface area contributed by atoms with Crippen molar-refractivity contribution in [1.82, 2.24) is 9.80 Å². The molecule has 0 aliphatic carbocycles. The summed E-state index contributed by atoms with van der Waals surface area (Å²) < 4.78 is 19.3. The number of methoxy groups -OCH3 is 1. The average Bonchev–Trinajstić information content (AvgIpc) is 3.43. The third-order valence-electron chi connectivity index (χ3n) is 6.93. The van der Waals surface area contributed by atoms with Crippen molar-refractivity contribution in [1.29, 1.82) is 0 Å². The van der Waals surface area contributed by atoms with E-state index >= 15 is 0 Å². The van der Waals surface area contributed by atoms with Crippen LogP contribution in [0, 0.1) is 11.7 Å². The second-order valence-corrected chi connectivity index (χ2v) is 9.87. The van der Waals surface area contributed by atoms with Gasteiger partial charge in [-0.05, 0) is 79.0 Å². The van der Waals surface area contributed by atoms with Gasteiger partial charge in [-0.1, -0.05) is 30.3 Å². The molecule has 1 aromatic heterocycles. The number of thiophene rings is 1. The van der Waals surface area contributed by atoms with Crippen LogP contribution in [0.2, 0.25) is 0 Å². The number of carbonyl (C=O) groups is 2. The van der Waals surface area contributed by atoms with E-state index in [1.165, 1.54) is 24.5 Å². The molecule has 5 nitrogen and oxygen atoms in total. The van der Waals surface area contributed by atoms with Crippen molar-refractivity contribution < 1.29 is 18.7 Å². The van der Waals surface area contributed by atoms with Crippen LogP contribution in [-0.2, 0) is 17.7 Å². The molecule has 184 valence electrons. The number of halogens is 1. The minimum atomic E-state index is -0.334. The fraction of sp³-hybridized carbons (Fsp3) is 0.357. The Morgan fingerprint density at radius 3 is 2.43 bits per heavy atom. The quantitative estimate of drug-likeness (QED) is 0.401. The van der Waals surface area contributed by atoms with E-state index in [1.54, 1.807) is 18.2 Å². The monoisotopic (exact) mass is 494 g/mol. The van der Waals surface area contributed by atoms with Crippen LogP contribution >= 0.6 is 11.3 Å². The Morgan fingerprint density at radius 1 is 1.09 bits per heavy atom. The van der Waals surface area contributed by atoms with E-state index in [-0.39, 0.29) is 29.7 Å². The summed E-state index contributed by atoms with van der Waals surface area (Å²) in [4.78, 5) is 29.0. The van der Waals surface area contributed by atoms with Crippen LogP contribution in [0.25, 0.3) is 0 Å². The molecule has 3 aromatic rings. The highest BCUT2D eigenvalue weighted by Crippen LogP contribution is 2.29. The summed E-state index contributed by atoms with van der Waals surface area (Å²) in [7, 11) is 3.23.